The van der Waals surface area contributed by atoms with Gasteiger partial charge in [-0.05, 0) is 66.9 Å². The Kier molecular flexibility index (Phi) is 8.74. The number of nitrogens with zero attached hydrogens (tertiary/aromatic N) is 5. The van der Waals surface area contributed by atoms with Crippen molar-refractivity contribution < 1.29 is 32.2 Å². The monoisotopic (exact) mass is 629 g/mol. The van der Waals surface area contributed by atoms with E-state index in [1.54, 1.807) is 12.1 Å². The zero-order valence-corrected chi connectivity index (χ0v) is 24.3. The van der Waals surface area contributed by atoms with E-state index in [9.17, 15) is 22.8 Å². The maximum Gasteiger partial charge on any atom is 0.573 e. The van der Waals surface area contributed by atoms with Gasteiger partial charge in [-0.3, -0.25) is 9.69 Å². The van der Waals surface area contributed by atoms with Crippen LogP contribution in [0.3, 0.4) is 0 Å². The van der Waals surface area contributed by atoms with Gasteiger partial charge in [-0.15, -0.1) is 18.3 Å². The smallest absolute Gasteiger partial charge is 0.448 e. The van der Waals surface area contributed by atoms with Gasteiger partial charge in [0.1, 0.15) is 12.1 Å². The molecule has 2 heterocycles. The van der Waals surface area contributed by atoms with E-state index >= 15 is 0 Å². The number of aliphatic imine (C=N–C) groups is 1. The molecule has 1 aliphatic heterocycles. The average molecular weight is 630 g/mol. The molecule has 1 aromatic heterocycles. The van der Waals surface area contributed by atoms with Crippen LogP contribution >= 0.6 is 23.4 Å². The normalized spacial score (nSPS) is 14.4. The fraction of sp³-hybridized carbons (Fsp3) is 0.207. The third-order valence-electron chi connectivity index (χ3n) is 6.41. The van der Waals surface area contributed by atoms with E-state index in [1.165, 1.54) is 40.2 Å². The summed E-state index contributed by atoms with van der Waals surface area (Å²) in [4.78, 5) is 34.6. The second-order valence-corrected chi connectivity index (χ2v) is 10.8. The van der Waals surface area contributed by atoms with Crippen LogP contribution in [0.4, 0.5) is 23.7 Å². The van der Waals surface area contributed by atoms with Crippen molar-refractivity contribution >= 4 is 46.2 Å². The summed E-state index contributed by atoms with van der Waals surface area (Å²) in [6, 6.07) is 16.1. The van der Waals surface area contributed by atoms with Crippen molar-refractivity contribution in [2.24, 2.45) is 4.99 Å². The minimum Gasteiger partial charge on any atom is -0.448 e. The molecule has 2 amide bonds. The molecule has 1 aliphatic rings. The van der Waals surface area contributed by atoms with E-state index in [2.05, 4.69) is 19.8 Å². The number of aryl methyl sites for hydroxylation is 2. The summed E-state index contributed by atoms with van der Waals surface area (Å²) < 4.78 is 47.8. The Morgan fingerprint density at radius 2 is 1.77 bits per heavy atom. The summed E-state index contributed by atoms with van der Waals surface area (Å²) in [6.07, 6.45) is -3.70. The molecule has 222 valence electrons. The number of carbonyl (C=O) groups is 2. The molecule has 0 spiro atoms. The van der Waals surface area contributed by atoms with Crippen LogP contribution in [0.2, 0.25) is 5.02 Å². The Morgan fingerprint density at radius 3 is 2.47 bits per heavy atom. The molecule has 0 aliphatic carbocycles. The molecule has 0 atom stereocenters. The lowest BCUT2D eigenvalue weighted by Gasteiger charge is -2.18. The first-order chi connectivity index (χ1) is 20.5. The highest BCUT2D eigenvalue weighted by Crippen LogP contribution is 2.34. The molecule has 43 heavy (non-hydrogen) atoms. The van der Waals surface area contributed by atoms with Crippen LogP contribution in [0, 0.1) is 13.8 Å². The van der Waals surface area contributed by atoms with Crippen LogP contribution in [0.25, 0.3) is 17.1 Å². The Labute approximate surface area is 253 Å². The van der Waals surface area contributed by atoms with Gasteiger partial charge in [0.15, 0.2) is 11.0 Å². The molecule has 0 saturated carbocycles. The lowest BCUT2D eigenvalue weighted by atomic mass is 10.1. The molecule has 0 unspecified atom stereocenters. The van der Waals surface area contributed by atoms with Crippen LogP contribution in [0.1, 0.15) is 16.7 Å². The first kappa shape index (κ1) is 30.1. The molecular weight excluding hydrogens is 607 g/mol. The number of hydrogen-bond acceptors (Lipinski definition) is 7. The fourth-order valence-corrected chi connectivity index (χ4v) is 5.28. The zero-order valence-electron chi connectivity index (χ0n) is 22.8. The minimum atomic E-state index is -4.77. The van der Waals surface area contributed by atoms with Crippen molar-refractivity contribution in [2.45, 2.75) is 26.6 Å². The molecule has 1 fully saturated rings. The SMILES string of the molecule is Cc1cc(Cl)c(N2C(=O)CS/C2=N\C(=O)OCCc2ccc(-c3ncn(-c4ccc(OC(F)(F)F)cc4)n3)cc2)cc1C. The van der Waals surface area contributed by atoms with Gasteiger partial charge in [0.25, 0.3) is 0 Å². The lowest BCUT2D eigenvalue weighted by Crippen LogP contribution is -2.30. The van der Waals surface area contributed by atoms with Crippen LogP contribution in [-0.2, 0) is 16.0 Å². The fourth-order valence-electron chi connectivity index (χ4n) is 4.13. The van der Waals surface area contributed by atoms with E-state index in [0.29, 0.717) is 28.6 Å². The first-order valence-corrected chi connectivity index (χ1v) is 14.2. The van der Waals surface area contributed by atoms with Gasteiger partial charge in [-0.1, -0.05) is 47.6 Å². The van der Waals surface area contributed by atoms with Crippen molar-refractivity contribution in [3.8, 4) is 22.8 Å². The number of ether oxygens (including phenoxy) is 2. The van der Waals surface area contributed by atoms with E-state index in [-0.39, 0.29) is 29.2 Å². The summed E-state index contributed by atoms with van der Waals surface area (Å²) in [5.41, 5.74) is 4.52. The second-order valence-electron chi connectivity index (χ2n) is 9.42. The van der Waals surface area contributed by atoms with Crippen molar-refractivity contribution in [3.63, 3.8) is 0 Å². The van der Waals surface area contributed by atoms with E-state index in [1.807, 2.05) is 38.1 Å². The molecule has 1 saturated heterocycles. The van der Waals surface area contributed by atoms with Gasteiger partial charge in [0.05, 0.1) is 28.8 Å². The molecule has 0 N–H and O–H groups in total. The number of amidine groups is 1. The van der Waals surface area contributed by atoms with Crippen LogP contribution in [0.15, 0.2) is 72.0 Å². The molecule has 3 aromatic carbocycles. The number of benzene rings is 3. The standard InChI is InChI=1S/C29H23ClF3N5O4S/c1-17-13-23(30)24(14-18(17)2)38-25(39)15-43-27(38)35-28(40)41-12-11-19-3-5-20(6-4-19)26-34-16-37(36-26)21-7-9-22(10-8-21)42-29(31,32)33/h3-10,13-14,16H,11-12,15H2,1-2H3/b35-27-. The maximum atomic E-state index is 12.5. The molecule has 0 bridgehead atoms. The molecule has 5 rings (SSSR count). The van der Waals surface area contributed by atoms with Crippen LogP contribution < -0.4 is 9.64 Å². The number of halogens is 4. The number of hydrogen-bond donors (Lipinski definition) is 0. The second kappa shape index (κ2) is 12.5. The Hall–Kier alpha value is -4.36. The summed E-state index contributed by atoms with van der Waals surface area (Å²) >= 11 is 7.52. The summed E-state index contributed by atoms with van der Waals surface area (Å²) in [6.45, 7) is 3.90. The number of carbonyl (C=O) groups excluding carboxylic acids is 2. The Morgan fingerprint density at radius 1 is 1.07 bits per heavy atom. The molecule has 4 aromatic rings. The van der Waals surface area contributed by atoms with Gasteiger partial charge in [-0.25, -0.2) is 14.5 Å². The van der Waals surface area contributed by atoms with Gasteiger partial charge in [-0.2, -0.15) is 4.99 Å². The predicted molar refractivity (Wildman–Crippen MR) is 157 cm³/mol. The number of amides is 2. The average Bonchev–Trinajstić information content (AvgIpc) is 3.58. The molecule has 9 nitrogen and oxygen atoms in total. The summed E-state index contributed by atoms with van der Waals surface area (Å²) in [7, 11) is 0. The lowest BCUT2D eigenvalue weighted by molar-refractivity contribution is -0.274. The maximum absolute atomic E-state index is 12.5. The first-order valence-electron chi connectivity index (χ1n) is 12.8. The van der Waals surface area contributed by atoms with Crippen LogP contribution in [-0.4, -0.2) is 50.7 Å². The van der Waals surface area contributed by atoms with Gasteiger partial charge < -0.3 is 9.47 Å². The molecule has 0 radical (unpaired) electrons. The van der Waals surface area contributed by atoms with E-state index in [4.69, 9.17) is 16.3 Å². The number of anilines is 1. The van der Waals surface area contributed by atoms with E-state index < -0.39 is 12.5 Å². The largest absolute Gasteiger partial charge is 0.573 e. The molecule has 14 heteroatoms. The minimum absolute atomic E-state index is 0.0683. The third kappa shape index (κ3) is 7.35. The topological polar surface area (TPSA) is 98.9 Å². The van der Waals surface area contributed by atoms with Crippen molar-refractivity contribution in [1.82, 2.24) is 14.8 Å². The Bertz CT molecular complexity index is 1690. The van der Waals surface area contributed by atoms with Gasteiger partial charge in [0.2, 0.25) is 5.91 Å². The van der Waals surface area contributed by atoms with E-state index in [0.717, 1.165) is 34.0 Å². The number of alkyl halides is 3. The summed E-state index contributed by atoms with van der Waals surface area (Å²) in [5, 5.41) is 4.99. The van der Waals surface area contributed by atoms with Crippen molar-refractivity contribution in [3.05, 3.63) is 88.7 Å². The molecular formula is C29H23ClF3N5O4S. The van der Waals surface area contributed by atoms with Gasteiger partial charge >= 0.3 is 12.5 Å². The number of thioether (sulfide) groups is 1. The highest BCUT2D eigenvalue weighted by molar-refractivity contribution is 8.15. The zero-order chi connectivity index (χ0) is 30.7. The highest BCUT2D eigenvalue weighted by Gasteiger charge is 2.32. The number of aromatic nitrogens is 3. The van der Waals surface area contributed by atoms with Crippen LogP contribution in [0.5, 0.6) is 5.75 Å². The van der Waals surface area contributed by atoms with Gasteiger partial charge in [0, 0.05) is 12.0 Å². The summed E-state index contributed by atoms with van der Waals surface area (Å²) in [5.74, 6) is -0.00380. The highest BCUT2D eigenvalue weighted by atomic mass is 35.5. The van der Waals surface area contributed by atoms with Crippen molar-refractivity contribution in [2.75, 3.05) is 17.3 Å². The van der Waals surface area contributed by atoms with Crippen molar-refractivity contribution in [1.29, 1.82) is 0 Å². The number of rotatable bonds is 7. The predicted octanol–water partition coefficient (Wildman–Crippen LogP) is 6.92. The quantitative estimate of drug-likeness (QED) is 0.219. The Balaban J connectivity index is 1.16. The third-order valence-corrected chi connectivity index (χ3v) is 7.64.